The fourth-order valence-electron chi connectivity index (χ4n) is 0.996. The van der Waals surface area contributed by atoms with Crippen LogP contribution in [-0.4, -0.2) is 42.3 Å². The summed E-state index contributed by atoms with van der Waals surface area (Å²) in [5.74, 6) is 2.72. The number of amides is 1. The van der Waals surface area contributed by atoms with Gasteiger partial charge in [-0.2, -0.15) is 0 Å². The summed E-state index contributed by atoms with van der Waals surface area (Å²) in [7, 11) is 1.26. The molecule has 1 amide bonds. The zero-order valence-electron chi connectivity index (χ0n) is 11.1. The molecule has 0 saturated heterocycles. The van der Waals surface area contributed by atoms with Crippen LogP contribution in [0.3, 0.4) is 0 Å². The first-order chi connectivity index (χ1) is 8.30. The van der Waals surface area contributed by atoms with E-state index in [0.717, 1.165) is 0 Å². The van der Waals surface area contributed by atoms with E-state index in [2.05, 4.69) is 16.0 Å². The number of hydrogen-bond donors (Lipinski definition) is 1. The van der Waals surface area contributed by atoms with Gasteiger partial charge in [0, 0.05) is 5.75 Å². The Labute approximate surface area is 112 Å². The van der Waals surface area contributed by atoms with Crippen molar-refractivity contribution >= 4 is 23.8 Å². The van der Waals surface area contributed by atoms with Crippen molar-refractivity contribution in [2.45, 2.75) is 32.4 Å². The maximum atomic E-state index is 11.5. The Hall–Kier alpha value is -1.35. The number of thioether (sulfide) groups is 1. The van der Waals surface area contributed by atoms with Gasteiger partial charge in [-0.05, 0) is 20.8 Å². The third-order valence-corrected chi connectivity index (χ3v) is 2.59. The van der Waals surface area contributed by atoms with E-state index < -0.39 is 23.7 Å². The van der Waals surface area contributed by atoms with E-state index in [4.69, 9.17) is 11.2 Å². The van der Waals surface area contributed by atoms with Gasteiger partial charge < -0.3 is 14.8 Å². The first-order valence-electron chi connectivity index (χ1n) is 5.38. The number of carbonyl (C=O) groups excluding carboxylic acids is 2. The number of carbonyl (C=O) groups is 2. The second-order valence-electron chi connectivity index (χ2n) is 4.44. The standard InChI is InChI=1S/C12H19NO4S/c1-6-7-18-8-9(10(14)16-5)13-11(15)17-12(2,3)4/h1,9H,7-8H2,2-5H3,(H,13,15)/t9-/m1/s1. The molecule has 0 aromatic rings. The molecule has 0 radical (unpaired) electrons. The summed E-state index contributed by atoms with van der Waals surface area (Å²) in [4.78, 5) is 23.0. The van der Waals surface area contributed by atoms with Gasteiger partial charge >= 0.3 is 12.1 Å². The van der Waals surface area contributed by atoms with Gasteiger partial charge in [-0.3, -0.25) is 0 Å². The number of rotatable bonds is 5. The van der Waals surface area contributed by atoms with E-state index in [1.165, 1.54) is 18.9 Å². The van der Waals surface area contributed by atoms with Crippen LogP contribution in [0.4, 0.5) is 4.79 Å². The number of hydrogen-bond acceptors (Lipinski definition) is 5. The normalized spacial score (nSPS) is 12.2. The SMILES string of the molecule is C#CCSC[C@@H](NC(=O)OC(C)(C)C)C(=O)OC. The van der Waals surface area contributed by atoms with Crippen LogP contribution in [0, 0.1) is 12.3 Å². The van der Waals surface area contributed by atoms with Crippen molar-refractivity contribution in [1.29, 1.82) is 0 Å². The zero-order valence-corrected chi connectivity index (χ0v) is 11.9. The molecule has 0 rings (SSSR count). The molecule has 0 heterocycles. The first kappa shape index (κ1) is 16.6. The fourth-order valence-corrected chi connectivity index (χ4v) is 1.69. The van der Waals surface area contributed by atoms with Gasteiger partial charge in [0.1, 0.15) is 11.6 Å². The summed E-state index contributed by atoms with van der Waals surface area (Å²) in [6.07, 6.45) is 4.46. The lowest BCUT2D eigenvalue weighted by atomic mass is 10.2. The molecular weight excluding hydrogens is 254 g/mol. The quantitative estimate of drug-likeness (QED) is 0.466. The van der Waals surface area contributed by atoms with E-state index in [1.807, 2.05) is 0 Å². The smallest absolute Gasteiger partial charge is 0.408 e. The third kappa shape index (κ3) is 7.85. The van der Waals surface area contributed by atoms with Crippen LogP contribution in [-0.2, 0) is 14.3 Å². The molecule has 102 valence electrons. The highest BCUT2D eigenvalue weighted by molar-refractivity contribution is 7.99. The molecule has 1 N–H and O–H groups in total. The van der Waals surface area contributed by atoms with Gasteiger partial charge in [-0.1, -0.05) is 5.92 Å². The summed E-state index contributed by atoms with van der Waals surface area (Å²) in [6, 6.07) is -0.761. The summed E-state index contributed by atoms with van der Waals surface area (Å²) in [5.41, 5.74) is -0.614. The number of nitrogens with one attached hydrogen (secondary N) is 1. The Bertz CT molecular complexity index is 330. The van der Waals surface area contributed by atoms with Crippen LogP contribution in [0.15, 0.2) is 0 Å². The number of ether oxygens (including phenoxy) is 2. The molecule has 5 nitrogen and oxygen atoms in total. The molecule has 6 heteroatoms. The van der Waals surface area contributed by atoms with Crippen LogP contribution < -0.4 is 5.32 Å². The van der Waals surface area contributed by atoms with Gasteiger partial charge in [0.05, 0.1) is 12.9 Å². The van der Waals surface area contributed by atoms with E-state index in [1.54, 1.807) is 20.8 Å². The minimum atomic E-state index is -0.761. The largest absolute Gasteiger partial charge is 0.467 e. The molecule has 0 aliphatic carbocycles. The van der Waals surface area contributed by atoms with Gasteiger partial charge in [0.15, 0.2) is 0 Å². The Kier molecular flexibility index (Phi) is 7.29. The van der Waals surface area contributed by atoms with Crippen molar-refractivity contribution in [3.05, 3.63) is 0 Å². The topological polar surface area (TPSA) is 64.6 Å². The molecule has 0 aliphatic heterocycles. The minimum Gasteiger partial charge on any atom is -0.467 e. The number of alkyl carbamates (subject to hydrolysis) is 1. The minimum absolute atomic E-state index is 0.343. The number of methoxy groups -OCH3 is 1. The van der Waals surface area contributed by atoms with Crippen LogP contribution in [0.2, 0.25) is 0 Å². The molecule has 0 bridgehead atoms. The highest BCUT2D eigenvalue weighted by Gasteiger charge is 2.24. The van der Waals surface area contributed by atoms with Crippen molar-refractivity contribution in [2.75, 3.05) is 18.6 Å². The van der Waals surface area contributed by atoms with Crippen LogP contribution in [0.1, 0.15) is 20.8 Å². The van der Waals surface area contributed by atoms with Crippen molar-refractivity contribution in [2.24, 2.45) is 0 Å². The zero-order chi connectivity index (χ0) is 14.2. The lowest BCUT2D eigenvalue weighted by molar-refractivity contribution is -0.142. The average Bonchev–Trinajstić information content (AvgIpc) is 2.24. The second-order valence-corrected chi connectivity index (χ2v) is 5.47. The maximum absolute atomic E-state index is 11.5. The van der Waals surface area contributed by atoms with Crippen molar-refractivity contribution in [1.82, 2.24) is 5.32 Å². The Morgan fingerprint density at radius 1 is 1.44 bits per heavy atom. The summed E-state index contributed by atoms with van der Waals surface area (Å²) < 4.78 is 9.66. The average molecular weight is 273 g/mol. The second kappa shape index (κ2) is 7.88. The molecule has 0 aliphatic rings. The summed E-state index contributed by atoms with van der Waals surface area (Å²) >= 11 is 1.36. The van der Waals surface area contributed by atoms with Crippen molar-refractivity contribution in [3.63, 3.8) is 0 Å². The molecule has 0 fully saturated rings. The molecule has 1 atom stereocenters. The van der Waals surface area contributed by atoms with Crippen LogP contribution >= 0.6 is 11.8 Å². The first-order valence-corrected chi connectivity index (χ1v) is 6.54. The number of terminal acetylenes is 1. The lowest BCUT2D eigenvalue weighted by Gasteiger charge is -2.22. The molecular formula is C12H19NO4S. The van der Waals surface area contributed by atoms with Crippen LogP contribution in [0.5, 0.6) is 0 Å². The predicted octanol–water partition coefficient (Wildman–Crippen LogP) is 1.42. The van der Waals surface area contributed by atoms with Gasteiger partial charge in [0.2, 0.25) is 0 Å². The molecule has 0 aromatic heterocycles. The highest BCUT2D eigenvalue weighted by atomic mass is 32.2. The highest BCUT2D eigenvalue weighted by Crippen LogP contribution is 2.08. The van der Waals surface area contributed by atoms with Crippen LogP contribution in [0.25, 0.3) is 0 Å². The molecule has 18 heavy (non-hydrogen) atoms. The fraction of sp³-hybridized carbons (Fsp3) is 0.667. The molecule has 0 unspecified atom stereocenters. The Morgan fingerprint density at radius 3 is 2.50 bits per heavy atom. The monoisotopic (exact) mass is 273 g/mol. The summed E-state index contributed by atoms with van der Waals surface area (Å²) in [6.45, 7) is 5.23. The third-order valence-electron chi connectivity index (χ3n) is 1.65. The summed E-state index contributed by atoms with van der Waals surface area (Å²) in [5, 5.41) is 2.46. The van der Waals surface area contributed by atoms with Crippen molar-refractivity contribution in [3.8, 4) is 12.3 Å². The molecule has 0 aromatic carbocycles. The predicted molar refractivity (Wildman–Crippen MR) is 71.3 cm³/mol. The Morgan fingerprint density at radius 2 is 2.06 bits per heavy atom. The van der Waals surface area contributed by atoms with Crippen molar-refractivity contribution < 1.29 is 19.1 Å². The van der Waals surface area contributed by atoms with E-state index in [0.29, 0.717) is 11.5 Å². The van der Waals surface area contributed by atoms with Gasteiger partial charge in [-0.25, -0.2) is 9.59 Å². The Balaban J connectivity index is 4.36. The van der Waals surface area contributed by atoms with Gasteiger partial charge in [0.25, 0.3) is 0 Å². The molecule has 0 saturated carbocycles. The van der Waals surface area contributed by atoms with Gasteiger partial charge in [-0.15, -0.1) is 18.2 Å². The molecule has 0 spiro atoms. The van der Waals surface area contributed by atoms with E-state index in [9.17, 15) is 9.59 Å². The number of esters is 1. The lowest BCUT2D eigenvalue weighted by Crippen LogP contribution is -2.45. The van der Waals surface area contributed by atoms with E-state index >= 15 is 0 Å². The maximum Gasteiger partial charge on any atom is 0.408 e. The van der Waals surface area contributed by atoms with E-state index in [-0.39, 0.29) is 0 Å².